The molecule has 4 nitrogen and oxygen atoms in total. The highest BCUT2D eigenvalue weighted by Gasteiger charge is 2.34. The topological polar surface area (TPSA) is 45.0 Å². The number of hydrogen-bond acceptors (Lipinski definition) is 4. The smallest absolute Gasteiger partial charge is 0.258 e. The van der Waals surface area contributed by atoms with Crippen molar-refractivity contribution in [3.05, 3.63) is 69.2 Å². The van der Waals surface area contributed by atoms with Crippen LogP contribution in [-0.2, 0) is 4.79 Å². The molecule has 0 radical (unpaired) electrons. The minimum atomic E-state index is -0.110. The van der Waals surface area contributed by atoms with Crippen molar-refractivity contribution in [3.63, 3.8) is 0 Å². The van der Waals surface area contributed by atoms with Gasteiger partial charge >= 0.3 is 0 Å². The Morgan fingerprint density at radius 3 is 2.68 bits per heavy atom. The summed E-state index contributed by atoms with van der Waals surface area (Å²) in [5.74, 6) is 0.266. The molecular weight excluding hydrogens is 422 g/mol. The fraction of sp³-hybridized carbons (Fsp3) is 0.167. The van der Waals surface area contributed by atoms with Crippen molar-refractivity contribution >= 4 is 56.1 Å². The summed E-state index contributed by atoms with van der Waals surface area (Å²) in [5, 5.41) is 8.02. The van der Waals surface area contributed by atoms with E-state index in [2.05, 4.69) is 27.0 Å². The monoisotopic (exact) mass is 433 g/mol. The first kappa shape index (κ1) is 16.8. The number of rotatable bonds is 2. The third-order valence-corrected chi connectivity index (χ3v) is 5.74. The van der Waals surface area contributed by atoms with E-state index in [0.717, 1.165) is 27.7 Å². The molecule has 0 aliphatic carbocycles. The van der Waals surface area contributed by atoms with Crippen molar-refractivity contribution in [2.24, 2.45) is 10.1 Å². The number of aliphatic imine (C=N–C) groups is 1. The van der Waals surface area contributed by atoms with Crippen LogP contribution in [0.15, 0.2) is 63.1 Å². The lowest BCUT2D eigenvalue weighted by Gasteiger charge is -2.22. The van der Waals surface area contributed by atoms with Gasteiger partial charge in [0, 0.05) is 15.9 Å². The van der Waals surface area contributed by atoms with Crippen LogP contribution < -0.4 is 0 Å². The predicted octanol–water partition coefficient (Wildman–Crippen LogP) is 4.88. The van der Waals surface area contributed by atoms with Crippen LogP contribution in [0.4, 0.5) is 0 Å². The molecule has 1 atom stereocenters. The second kappa shape index (κ2) is 6.94. The molecule has 0 saturated carbocycles. The molecule has 1 amide bonds. The number of hydrogen-bond donors (Lipinski definition) is 0. The molecule has 2 aliphatic heterocycles. The van der Waals surface area contributed by atoms with E-state index in [1.165, 1.54) is 11.8 Å². The van der Waals surface area contributed by atoms with Gasteiger partial charge in [-0.15, -0.1) is 0 Å². The van der Waals surface area contributed by atoms with Crippen molar-refractivity contribution in [1.29, 1.82) is 0 Å². The second-order valence-electron chi connectivity index (χ2n) is 5.75. The summed E-state index contributed by atoms with van der Waals surface area (Å²) in [5.41, 5.74) is 3.13. The molecule has 7 heteroatoms. The molecule has 2 aromatic carbocycles. The first-order valence-electron chi connectivity index (χ1n) is 7.72. The maximum atomic E-state index is 11.6. The summed E-state index contributed by atoms with van der Waals surface area (Å²) in [7, 11) is 0. The van der Waals surface area contributed by atoms with Gasteiger partial charge in [0.2, 0.25) is 0 Å². The molecule has 2 aromatic rings. The van der Waals surface area contributed by atoms with Crippen LogP contribution in [0.25, 0.3) is 0 Å². The fourth-order valence-corrected chi connectivity index (χ4v) is 4.20. The first-order chi connectivity index (χ1) is 12.1. The number of benzene rings is 2. The molecule has 1 unspecified atom stereocenters. The zero-order valence-electron chi connectivity index (χ0n) is 13.0. The van der Waals surface area contributed by atoms with Crippen molar-refractivity contribution < 1.29 is 4.79 Å². The van der Waals surface area contributed by atoms with Crippen molar-refractivity contribution in [2.45, 2.75) is 12.5 Å². The Kier molecular flexibility index (Phi) is 4.67. The van der Waals surface area contributed by atoms with Gasteiger partial charge in [-0.1, -0.05) is 63.6 Å². The Balaban J connectivity index is 1.72. The van der Waals surface area contributed by atoms with Gasteiger partial charge in [0.05, 0.1) is 17.5 Å². The molecule has 0 spiro atoms. The molecule has 0 fully saturated rings. The third-order valence-electron chi connectivity index (χ3n) is 4.06. The lowest BCUT2D eigenvalue weighted by molar-refractivity contribution is -0.115. The minimum absolute atomic E-state index is 0.00315. The zero-order chi connectivity index (χ0) is 17.4. The van der Waals surface area contributed by atoms with Gasteiger partial charge in [-0.2, -0.15) is 10.1 Å². The Morgan fingerprint density at radius 1 is 1.20 bits per heavy atom. The van der Waals surface area contributed by atoms with E-state index in [-0.39, 0.29) is 11.9 Å². The van der Waals surface area contributed by atoms with Crippen LogP contribution >= 0.6 is 39.3 Å². The van der Waals surface area contributed by atoms with Gasteiger partial charge in [0.1, 0.15) is 0 Å². The highest BCUT2D eigenvalue weighted by atomic mass is 79.9. The van der Waals surface area contributed by atoms with E-state index in [1.807, 2.05) is 47.5 Å². The summed E-state index contributed by atoms with van der Waals surface area (Å²) in [6, 6.07) is 15.8. The lowest BCUT2D eigenvalue weighted by atomic mass is 9.99. The summed E-state index contributed by atoms with van der Waals surface area (Å²) < 4.78 is 1.01. The van der Waals surface area contributed by atoms with E-state index < -0.39 is 0 Å². The number of amides is 1. The largest absolute Gasteiger partial charge is 0.272 e. The van der Waals surface area contributed by atoms with Gasteiger partial charge in [-0.05, 0) is 35.4 Å². The van der Waals surface area contributed by atoms with Gasteiger partial charge in [-0.3, -0.25) is 4.79 Å². The Morgan fingerprint density at radius 2 is 2.00 bits per heavy atom. The fourth-order valence-electron chi connectivity index (χ4n) is 2.89. The number of thioether (sulfide) groups is 1. The number of carbonyl (C=O) groups excluding carboxylic acids is 1. The summed E-state index contributed by atoms with van der Waals surface area (Å²) >= 11 is 11.0. The number of nitrogens with zero attached hydrogens (tertiary/aromatic N) is 3. The van der Waals surface area contributed by atoms with E-state index in [9.17, 15) is 4.79 Å². The number of halogens is 2. The summed E-state index contributed by atoms with van der Waals surface area (Å²) in [6.45, 7) is 0. The molecule has 0 aromatic heterocycles. The summed E-state index contributed by atoms with van der Waals surface area (Å²) in [6.07, 6.45) is 0.742. The van der Waals surface area contributed by atoms with Crippen LogP contribution in [-0.4, -0.2) is 27.5 Å². The molecule has 2 heterocycles. The van der Waals surface area contributed by atoms with Gasteiger partial charge in [0.15, 0.2) is 5.17 Å². The molecule has 0 saturated heterocycles. The van der Waals surface area contributed by atoms with Crippen LogP contribution in [0.3, 0.4) is 0 Å². The number of hydrazone groups is 1. The normalized spacial score (nSPS) is 20.0. The Bertz CT molecular complexity index is 897. The molecule has 4 rings (SSSR count). The molecule has 126 valence electrons. The highest BCUT2D eigenvalue weighted by Crippen LogP contribution is 2.36. The molecule has 2 aliphatic rings. The van der Waals surface area contributed by atoms with Gasteiger partial charge < -0.3 is 0 Å². The van der Waals surface area contributed by atoms with Crippen LogP contribution in [0.5, 0.6) is 0 Å². The molecule has 25 heavy (non-hydrogen) atoms. The maximum Gasteiger partial charge on any atom is 0.258 e. The van der Waals surface area contributed by atoms with Crippen molar-refractivity contribution in [3.8, 4) is 0 Å². The quantitative estimate of drug-likeness (QED) is 0.676. The van der Waals surface area contributed by atoms with Gasteiger partial charge in [-0.25, -0.2) is 5.01 Å². The highest BCUT2D eigenvalue weighted by molar-refractivity contribution is 9.10. The minimum Gasteiger partial charge on any atom is -0.272 e. The van der Waals surface area contributed by atoms with Crippen LogP contribution in [0, 0.1) is 0 Å². The molecule has 0 N–H and O–H groups in total. The lowest BCUT2D eigenvalue weighted by Crippen LogP contribution is -2.23. The molecular formula is C18H13BrClN3OS. The van der Waals surface area contributed by atoms with E-state index in [4.69, 9.17) is 16.7 Å². The van der Waals surface area contributed by atoms with Gasteiger partial charge in [0.25, 0.3) is 5.91 Å². The summed E-state index contributed by atoms with van der Waals surface area (Å²) in [4.78, 5) is 15.7. The first-order valence-corrected chi connectivity index (χ1v) is 9.88. The second-order valence-corrected chi connectivity index (χ2v) is 8.04. The zero-order valence-corrected chi connectivity index (χ0v) is 16.2. The van der Waals surface area contributed by atoms with E-state index >= 15 is 0 Å². The predicted molar refractivity (Wildman–Crippen MR) is 106 cm³/mol. The van der Waals surface area contributed by atoms with Crippen LogP contribution in [0.2, 0.25) is 5.02 Å². The Labute approximate surface area is 163 Å². The SMILES string of the molecule is O=C1CSC(N2N=C(c3cccc(Br)c3)CC2c2ccc(Cl)cc2)=N1. The average molecular weight is 435 g/mol. The number of amidine groups is 1. The average Bonchev–Trinajstić information content (AvgIpc) is 3.22. The Hall–Kier alpha value is -1.63. The van der Waals surface area contributed by atoms with Crippen LogP contribution in [0.1, 0.15) is 23.6 Å². The standard InChI is InChI=1S/C18H13BrClN3OS/c19-13-3-1-2-12(8-13)15-9-16(11-4-6-14(20)7-5-11)23(22-15)18-21-17(24)10-25-18/h1-8,16H,9-10H2. The maximum absolute atomic E-state index is 11.6. The van der Waals surface area contributed by atoms with Crippen molar-refractivity contribution in [1.82, 2.24) is 5.01 Å². The van der Waals surface area contributed by atoms with Crippen molar-refractivity contribution in [2.75, 3.05) is 5.75 Å². The van der Waals surface area contributed by atoms with E-state index in [0.29, 0.717) is 15.9 Å². The number of carbonyl (C=O) groups is 1. The van der Waals surface area contributed by atoms with E-state index in [1.54, 1.807) is 0 Å². The molecule has 0 bridgehead atoms. The third kappa shape index (κ3) is 3.52.